The number of amides is 1. The third-order valence-electron chi connectivity index (χ3n) is 6.01. The zero-order chi connectivity index (χ0) is 28.5. The maximum atomic E-state index is 14.0. The number of thiophene rings is 1. The molecule has 3 aromatic rings. The van der Waals surface area contributed by atoms with E-state index in [9.17, 15) is 23.6 Å². The predicted octanol–water partition coefficient (Wildman–Crippen LogP) is 3.19. The number of nitrogens with zero attached hydrogens (tertiary/aromatic N) is 2. The smallest absolute Gasteiger partial charge is 0.348 e. The van der Waals surface area contributed by atoms with E-state index in [1.807, 2.05) is 0 Å². The van der Waals surface area contributed by atoms with Crippen LogP contribution in [0.4, 0.5) is 4.39 Å². The minimum atomic E-state index is -1.62. The number of ether oxygens (including phenoxy) is 2. The number of benzene rings is 1. The molecule has 0 aliphatic heterocycles. The van der Waals surface area contributed by atoms with Crippen molar-refractivity contribution in [3.05, 3.63) is 60.9 Å². The lowest BCUT2D eigenvalue weighted by Crippen LogP contribution is -2.56. The Hall–Kier alpha value is -3.80. The summed E-state index contributed by atoms with van der Waals surface area (Å²) < 4.78 is 26.4. The molecule has 0 aliphatic carbocycles. The Balaban J connectivity index is 2.36. The van der Waals surface area contributed by atoms with E-state index in [1.54, 1.807) is 27.7 Å². The quantitative estimate of drug-likeness (QED) is 0.313. The molecule has 1 amide bonds. The number of halogens is 1. The summed E-state index contributed by atoms with van der Waals surface area (Å²) in [5, 5.41) is 11.5. The van der Waals surface area contributed by atoms with Crippen LogP contribution in [0.1, 0.15) is 55.4 Å². The molecule has 0 spiro atoms. The molecule has 0 fully saturated rings. The molecule has 204 valence electrons. The summed E-state index contributed by atoms with van der Waals surface area (Å²) >= 11 is 0.888. The van der Waals surface area contributed by atoms with Crippen molar-refractivity contribution < 1.29 is 23.5 Å². The molecule has 0 saturated heterocycles. The van der Waals surface area contributed by atoms with Crippen molar-refractivity contribution in [3.8, 4) is 5.75 Å². The molecule has 0 bridgehead atoms. The highest BCUT2D eigenvalue weighted by Crippen LogP contribution is 2.30. The number of carbonyl (C=O) groups excluding carboxylic acids is 2. The number of fused-ring (bicyclic) bond motifs is 1. The van der Waals surface area contributed by atoms with Gasteiger partial charge in [-0.25, -0.2) is 18.5 Å². The number of methoxy groups -OCH3 is 1. The molecule has 12 heteroatoms. The van der Waals surface area contributed by atoms with E-state index in [1.165, 1.54) is 33.1 Å². The largest absolute Gasteiger partial charge is 0.496 e. The van der Waals surface area contributed by atoms with Crippen LogP contribution in [-0.2, 0) is 21.6 Å². The second kappa shape index (κ2) is 10.9. The molecule has 2 N–H and O–H groups in total. The normalized spacial score (nSPS) is 11.6. The average molecular weight is 547 g/mol. The Labute approximate surface area is 222 Å². The summed E-state index contributed by atoms with van der Waals surface area (Å²) in [5.41, 5.74) is -2.99. The summed E-state index contributed by atoms with van der Waals surface area (Å²) in [6.45, 7) is 9.31. The van der Waals surface area contributed by atoms with Gasteiger partial charge in [-0.05, 0) is 65.3 Å². The molecular weight excluding hydrogens is 515 g/mol. The van der Waals surface area contributed by atoms with Gasteiger partial charge >= 0.3 is 11.7 Å². The Bertz CT molecular complexity index is 1550. The van der Waals surface area contributed by atoms with Gasteiger partial charge in [0, 0.05) is 11.6 Å². The zero-order valence-corrected chi connectivity index (χ0v) is 23.2. The van der Waals surface area contributed by atoms with Gasteiger partial charge in [0.25, 0.3) is 5.56 Å². The Morgan fingerprint density at radius 3 is 2.47 bits per heavy atom. The van der Waals surface area contributed by atoms with Crippen LogP contribution in [0, 0.1) is 18.2 Å². The monoisotopic (exact) mass is 546 g/mol. The van der Waals surface area contributed by atoms with Gasteiger partial charge in [0.05, 0.1) is 31.4 Å². The maximum absolute atomic E-state index is 14.0. The minimum Gasteiger partial charge on any atom is -0.496 e. The molecule has 0 atom stereocenters. The third-order valence-corrected chi connectivity index (χ3v) is 7.31. The van der Waals surface area contributed by atoms with Crippen molar-refractivity contribution in [2.45, 2.75) is 59.7 Å². The van der Waals surface area contributed by atoms with E-state index in [-0.39, 0.29) is 51.3 Å². The highest BCUT2D eigenvalue weighted by molar-refractivity contribution is 7.20. The number of hydrogen-bond donors (Lipinski definition) is 2. The first-order valence-electron chi connectivity index (χ1n) is 11.9. The fourth-order valence-electron chi connectivity index (χ4n) is 4.07. The Morgan fingerprint density at radius 2 is 1.89 bits per heavy atom. The minimum absolute atomic E-state index is 0.0575. The molecule has 2 heterocycles. The topological polar surface area (TPSA) is 132 Å². The molecule has 0 aliphatic rings. The molecule has 0 saturated carbocycles. The van der Waals surface area contributed by atoms with Crippen molar-refractivity contribution in [2.75, 3.05) is 13.7 Å². The van der Waals surface area contributed by atoms with Gasteiger partial charge in [0.1, 0.15) is 26.8 Å². The highest BCUT2D eigenvalue weighted by atomic mass is 32.1. The lowest BCUT2D eigenvalue weighted by atomic mass is 10.0. The van der Waals surface area contributed by atoms with Crippen molar-refractivity contribution in [3.63, 3.8) is 0 Å². The van der Waals surface area contributed by atoms with Gasteiger partial charge in [0.2, 0.25) is 5.91 Å². The molecule has 0 unspecified atom stereocenters. The summed E-state index contributed by atoms with van der Waals surface area (Å²) in [5.74, 6) is -1.59. The molecular formula is C26H31FN4O6S. The first-order chi connectivity index (χ1) is 17.8. The van der Waals surface area contributed by atoms with E-state index < -0.39 is 34.5 Å². The summed E-state index contributed by atoms with van der Waals surface area (Å²) in [6.07, 6.45) is 0. The van der Waals surface area contributed by atoms with E-state index in [2.05, 4.69) is 5.32 Å². The first-order valence-corrected chi connectivity index (χ1v) is 12.8. The van der Waals surface area contributed by atoms with Gasteiger partial charge in [-0.3, -0.25) is 14.2 Å². The van der Waals surface area contributed by atoms with Crippen LogP contribution in [0.15, 0.2) is 27.8 Å². The lowest BCUT2D eigenvalue weighted by molar-refractivity contribution is -0.129. The number of nitrogens with one attached hydrogen (secondary N) is 2. The van der Waals surface area contributed by atoms with Crippen LogP contribution in [0.25, 0.3) is 10.2 Å². The van der Waals surface area contributed by atoms with E-state index in [4.69, 9.17) is 14.9 Å². The molecule has 38 heavy (non-hydrogen) atoms. The second-order valence-corrected chi connectivity index (χ2v) is 10.5. The van der Waals surface area contributed by atoms with Crippen molar-refractivity contribution in [1.82, 2.24) is 14.5 Å². The first kappa shape index (κ1) is 28.8. The molecule has 2 aromatic heterocycles. The van der Waals surface area contributed by atoms with Crippen LogP contribution in [-0.4, -0.2) is 46.5 Å². The number of rotatable bonds is 9. The van der Waals surface area contributed by atoms with Gasteiger partial charge in [0.15, 0.2) is 0 Å². The number of aromatic nitrogens is 2. The van der Waals surface area contributed by atoms with Gasteiger partial charge < -0.3 is 20.2 Å². The van der Waals surface area contributed by atoms with Gasteiger partial charge in [-0.1, -0.05) is 0 Å². The molecule has 10 nitrogen and oxygen atoms in total. The van der Waals surface area contributed by atoms with Crippen LogP contribution in [0.2, 0.25) is 0 Å². The summed E-state index contributed by atoms with van der Waals surface area (Å²) in [4.78, 5) is 53.6. The van der Waals surface area contributed by atoms with E-state index in [0.29, 0.717) is 5.56 Å². The highest BCUT2D eigenvalue weighted by Gasteiger charge is 2.36. The molecule has 3 rings (SSSR count). The number of carbonyl (C=O) groups is 2. The molecule has 0 radical (unpaired) electrons. The van der Waals surface area contributed by atoms with Crippen molar-refractivity contribution in [1.29, 1.82) is 5.41 Å². The number of esters is 1. The van der Waals surface area contributed by atoms with E-state index >= 15 is 0 Å². The van der Waals surface area contributed by atoms with E-state index in [0.717, 1.165) is 26.5 Å². The summed E-state index contributed by atoms with van der Waals surface area (Å²) in [6, 6.07) is 3.41. The fraction of sp³-hybridized carbons (Fsp3) is 0.423. The standard InChI is InChI=1S/C26H31FN4O6S/c1-8-37-23(33)20-14(4)19-21(32)31(26(5,6)24(34)29-13(2)3)25(35)30(22(19)38-20)12-17(28)16-11-15(27)9-10-18(16)36-7/h9-11,13,28H,8,12H2,1-7H3,(H,29,34). The number of aryl methyl sites for hydroxylation is 1. The zero-order valence-electron chi connectivity index (χ0n) is 22.4. The SMILES string of the molecule is CCOC(=O)c1sc2c(c1C)c(=O)n(C(C)(C)C(=O)NC(C)C)c(=O)n2CC(=N)c1cc(F)ccc1OC. The summed E-state index contributed by atoms with van der Waals surface area (Å²) in [7, 11) is 1.37. The van der Waals surface area contributed by atoms with Gasteiger partial charge in [-0.15, -0.1) is 11.3 Å². The second-order valence-electron chi connectivity index (χ2n) is 9.48. The van der Waals surface area contributed by atoms with Gasteiger partial charge in [-0.2, -0.15) is 0 Å². The van der Waals surface area contributed by atoms with Crippen LogP contribution in [0.3, 0.4) is 0 Å². The fourth-order valence-corrected chi connectivity index (χ4v) is 5.26. The maximum Gasteiger partial charge on any atom is 0.348 e. The Morgan fingerprint density at radius 1 is 1.24 bits per heavy atom. The van der Waals surface area contributed by atoms with Crippen molar-refractivity contribution in [2.24, 2.45) is 0 Å². The predicted molar refractivity (Wildman–Crippen MR) is 143 cm³/mol. The molecule has 1 aromatic carbocycles. The Kier molecular flexibility index (Phi) is 8.25. The third kappa shape index (κ3) is 5.13. The van der Waals surface area contributed by atoms with Crippen molar-refractivity contribution >= 4 is 39.1 Å². The van der Waals surface area contributed by atoms with Crippen LogP contribution in [0.5, 0.6) is 5.75 Å². The lowest BCUT2D eigenvalue weighted by Gasteiger charge is -2.27. The number of hydrogen-bond acceptors (Lipinski definition) is 8. The average Bonchev–Trinajstić information content (AvgIpc) is 3.18. The van der Waals surface area contributed by atoms with Crippen LogP contribution >= 0.6 is 11.3 Å². The van der Waals surface area contributed by atoms with Crippen LogP contribution < -0.4 is 21.3 Å².